The van der Waals surface area contributed by atoms with Gasteiger partial charge in [0.2, 0.25) is 0 Å². The lowest BCUT2D eigenvalue weighted by molar-refractivity contribution is 0.202. The van der Waals surface area contributed by atoms with Crippen molar-refractivity contribution in [2.75, 3.05) is 19.6 Å². The predicted molar refractivity (Wildman–Crippen MR) is 90.0 cm³/mol. The van der Waals surface area contributed by atoms with Crippen molar-refractivity contribution in [3.63, 3.8) is 0 Å². The van der Waals surface area contributed by atoms with E-state index in [1.165, 1.54) is 36.2 Å². The van der Waals surface area contributed by atoms with Gasteiger partial charge < -0.3 is 5.32 Å². The van der Waals surface area contributed by atoms with E-state index < -0.39 is 0 Å². The maximum absolute atomic E-state index is 4.81. The molecule has 0 aliphatic carbocycles. The number of aromatic nitrogens is 3. The Hall–Kier alpha value is -1.72. The summed E-state index contributed by atoms with van der Waals surface area (Å²) in [7, 11) is 0. The fourth-order valence-electron chi connectivity index (χ4n) is 3.79. The highest BCUT2D eigenvalue weighted by molar-refractivity contribution is 5.17. The SMILES string of the molecule is c1cc(C2CCN(Cc3cc4n(n3)CCCNC4)CC2)ccn1. The van der Waals surface area contributed by atoms with Gasteiger partial charge >= 0.3 is 0 Å². The normalized spacial score (nSPS) is 20.2. The van der Waals surface area contributed by atoms with Gasteiger partial charge in [-0.1, -0.05) is 0 Å². The summed E-state index contributed by atoms with van der Waals surface area (Å²) in [5.41, 5.74) is 4.01. The van der Waals surface area contributed by atoms with Crippen molar-refractivity contribution >= 4 is 0 Å². The monoisotopic (exact) mass is 311 g/mol. The summed E-state index contributed by atoms with van der Waals surface area (Å²) in [4.78, 5) is 6.67. The first kappa shape index (κ1) is 14.8. The first-order valence-corrected chi connectivity index (χ1v) is 8.77. The first-order valence-electron chi connectivity index (χ1n) is 8.77. The van der Waals surface area contributed by atoms with Crippen LogP contribution in [-0.2, 0) is 19.6 Å². The Morgan fingerprint density at radius 2 is 1.96 bits per heavy atom. The van der Waals surface area contributed by atoms with Gasteiger partial charge in [-0.3, -0.25) is 14.6 Å². The molecular weight excluding hydrogens is 286 g/mol. The van der Waals surface area contributed by atoms with E-state index in [0.717, 1.165) is 39.3 Å². The molecule has 5 nitrogen and oxygen atoms in total. The molecule has 0 spiro atoms. The fourth-order valence-corrected chi connectivity index (χ4v) is 3.79. The molecule has 1 saturated heterocycles. The molecule has 0 atom stereocenters. The second kappa shape index (κ2) is 6.81. The molecule has 2 aliphatic heterocycles. The second-order valence-electron chi connectivity index (χ2n) is 6.71. The van der Waals surface area contributed by atoms with Crippen LogP contribution in [0, 0.1) is 0 Å². The van der Waals surface area contributed by atoms with E-state index >= 15 is 0 Å². The number of nitrogens with one attached hydrogen (secondary N) is 1. The van der Waals surface area contributed by atoms with Gasteiger partial charge in [-0.25, -0.2) is 0 Å². The highest BCUT2D eigenvalue weighted by atomic mass is 15.3. The number of fused-ring (bicyclic) bond motifs is 1. The van der Waals surface area contributed by atoms with Crippen molar-refractivity contribution in [2.24, 2.45) is 0 Å². The van der Waals surface area contributed by atoms with Crippen LogP contribution in [0.15, 0.2) is 30.6 Å². The summed E-state index contributed by atoms with van der Waals surface area (Å²) < 4.78 is 2.19. The van der Waals surface area contributed by atoms with Crippen molar-refractivity contribution in [1.82, 2.24) is 25.0 Å². The van der Waals surface area contributed by atoms with Gasteiger partial charge in [-0.2, -0.15) is 5.10 Å². The smallest absolute Gasteiger partial charge is 0.0768 e. The van der Waals surface area contributed by atoms with E-state index in [9.17, 15) is 0 Å². The topological polar surface area (TPSA) is 46.0 Å². The number of pyridine rings is 1. The molecular formula is C18H25N5. The zero-order valence-electron chi connectivity index (χ0n) is 13.6. The molecule has 2 aliphatic rings. The lowest BCUT2D eigenvalue weighted by Crippen LogP contribution is -2.32. The Morgan fingerprint density at radius 1 is 1.13 bits per heavy atom. The van der Waals surface area contributed by atoms with Crippen molar-refractivity contribution in [3.8, 4) is 0 Å². The van der Waals surface area contributed by atoms with Crippen LogP contribution in [0.3, 0.4) is 0 Å². The summed E-state index contributed by atoms with van der Waals surface area (Å²) in [5.74, 6) is 0.692. The molecule has 122 valence electrons. The number of nitrogens with zero attached hydrogens (tertiary/aromatic N) is 4. The largest absolute Gasteiger partial charge is 0.311 e. The Morgan fingerprint density at radius 3 is 2.78 bits per heavy atom. The second-order valence-corrected chi connectivity index (χ2v) is 6.71. The van der Waals surface area contributed by atoms with Crippen LogP contribution < -0.4 is 5.32 Å². The Labute approximate surface area is 137 Å². The van der Waals surface area contributed by atoms with Crippen LogP contribution in [0.5, 0.6) is 0 Å². The third kappa shape index (κ3) is 3.46. The molecule has 0 saturated carbocycles. The molecule has 0 bridgehead atoms. The Bertz CT molecular complexity index is 605. The van der Waals surface area contributed by atoms with Crippen molar-refractivity contribution in [1.29, 1.82) is 0 Å². The van der Waals surface area contributed by atoms with Crippen LogP contribution in [0.1, 0.15) is 42.1 Å². The van der Waals surface area contributed by atoms with Crippen LogP contribution in [0.4, 0.5) is 0 Å². The lowest BCUT2D eigenvalue weighted by atomic mass is 9.90. The third-order valence-corrected chi connectivity index (χ3v) is 5.09. The molecule has 1 fully saturated rings. The first-order chi connectivity index (χ1) is 11.4. The minimum atomic E-state index is 0.692. The summed E-state index contributed by atoms with van der Waals surface area (Å²) in [6.07, 6.45) is 7.46. The molecule has 4 heterocycles. The summed E-state index contributed by atoms with van der Waals surface area (Å²) in [5, 5.41) is 8.27. The quantitative estimate of drug-likeness (QED) is 0.943. The Kier molecular flexibility index (Phi) is 4.39. The average Bonchev–Trinajstić information content (AvgIpc) is 2.85. The average molecular weight is 311 g/mol. The third-order valence-electron chi connectivity index (χ3n) is 5.09. The van der Waals surface area contributed by atoms with E-state index in [1.54, 1.807) is 0 Å². The van der Waals surface area contributed by atoms with Gasteiger partial charge in [0.15, 0.2) is 0 Å². The molecule has 0 radical (unpaired) electrons. The summed E-state index contributed by atoms with van der Waals surface area (Å²) in [6, 6.07) is 6.62. The molecule has 2 aromatic heterocycles. The maximum Gasteiger partial charge on any atom is 0.0768 e. The molecule has 23 heavy (non-hydrogen) atoms. The van der Waals surface area contributed by atoms with Crippen LogP contribution in [-0.4, -0.2) is 39.3 Å². The fraction of sp³-hybridized carbons (Fsp3) is 0.556. The van der Waals surface area contributed by atoms with Gasteiger partial charge in [0.25, 0.3) is 0 Å². The molecule has 5 heteroatoms. The highest BCUT2D eigenvalue weighted by Gasteiger charge is 2.21. The van der Waals surface area contributed by atoms with Gasteiger partial charge in [-0.15, -0.1) is 0 Å². The van der Waals surface area contributed by atoms with E-state index in [2.05, 4.69) is 38.1 Å². The molecule has 0 amide bonds. The van der Waals surface area contributed by atoms with Crippen LogP contribution >= 0.6 is 0 Å². The lowest BCUT2D eigenvalue weighted by Gasteiger charge is -2.31. The minimum absolute atomic E-state index is 0.692. The van der Waals surface area contributed by atoms with Crippen molar-refractivity contribution in [3.05, 3.63) is 47.5 Å². The van der Waals surface area contributed by atoms with E-state index in [-0.39, 0.29) is 0 Å². The highest BCUT2D eigenvalue weighted by Crippen LogP contribution is 2.28. The number of hydrogen-bond acceptors (Lipinski definition) is 4. The Balaban J connectivity index is 1.34. The van der Waals surface area contributed by atoms with Gasteiger partial charge in [0.05, 0.1) is 11.4 Å². The zero-order chi connectivity index (χ0) is 15.5. The summed E-state index contributed by atoms with van der Waals surface area (Å²) in [6.45, 7) is 6.41. The van der Waals surface area contributed by atoms with E-state index in [0.29, 0.717) is 5.92 Å². The zero-order valence-corrected chi connectivity index (χ0v) is 13.6. The van der Waals surface area contributed by atoms with E-state index in [4.69, 9.17) is 5.10 Å². The molecule has 4 rings (SSSR count). The number of hydrogen-bond donors (Lipinski definition) is 1. The van der Waals surface area contributed by atoms with Crippen LogP contribution in [0.25, 0.3) is 0 Å². The van der Waals surface area contributed by atoms with Gasteiger partial charge in [-0.05, 0) is 68.6 Å². The van der Waals surface area contributed by atoms with E-state index in [1.807, 2.05) is 12.4 Å². The van der Waals surface area contributed by atoms with Gasteiger partial charge in [0.1, 0.15) is 0 Å². The minimum Gasteiger partial charge on any atom is -0.311 e. The molecule has 2 aromatic rings. The van der Waals surface area contributed by atoms with Crippen molar-refractivity contribution in [2.45, 2.75) is 44.8 Å². The number of aryl methyl sites for hydroxylation is 1. The predicted octanol–water partition coefficient (Wildman–Crippen LogP) is 2.15. The molecule has 0 aromatic carbocycles. The van der Waals surface area contributed by atoms with Crippen LogP contribution in [0.2, 0.25) is 0 Å². The molecule has 0 unspecified atom stereocenters. The van der Waals surface area contributed by atoms with Crippen molar-refractivity contribution < 1.29 is 0 Å². The molecule has 1 N–H and O–H groups in total. The number of piperidine rings is 1. The maximum atomic E-state index is 4.81. The van der Waals surface area contributed by atoms with Gasteiger partial charge in [0, 0.05) is 32.0 Å². The number of rotatable bonds is 3. The standard InChI is InChI=1S/C18H25N5/c1-6-20-13-18-12-17(21-23(18)9-1)14-22-10-4-16(5-11-22)15-2-7-19-8-3-15/h2-3,7-8,12,16,20H,1,4-6,9-11,13-14H2. The summed E-state index contributed by atoms with van der Waals surface area (Å²) >= 11 is 0. The number of likely N-dealkylation sites (tertiary alicyclic amines) is 1.